The third-order valence-electron chi connectivity index (χ3n) is 5.48. The Kier molecular flexibility index (Phi) is 4.96. The van der Waals surface area contributed by atoms with Gasteiger partial charge in [0.1, 0.15) is 11.5 Å². The van der Waals surface area contributed by atoms with E-state index in [1.54, 1.807) is 0 Å². The monoisotopic (exact) mass is 369 g/mol. The van der Waals surface area contributed by atoms with E-state index in [-0.39, 0.29) is 29.3 Å². The normalized spacial score (nSPS) is 25.9. The van der Waals surface area contributed by atoms with Crippen molar-refractivity contribution in [1.29, 1.82) is 5.41 Å². The minimum absolute atomic E-state index is 0.0207. The summed E-state index contributed by atoms with van der Waals surface area (Å²) in [6.45, 7) is 0. The first-order chi connectivity index (χ1) is 12.1. The molecule has 0 aromatic heterocycles. The van der Waals surface area contributed by atoms with E-state index in [1.165, 1.54) is 6.07 Å². The van der Waals surface area contributed by atoms with Crippen molar-refractivity contribution in [3.63, 3.8) is 0 Å². The van der Waals surface area contributed by atoms with Gasteiger partial charge >= 0.3 is 6.36 Å². The Morgan fingerprint density at radius 1 is 1.31 bits per heavy atom. The van der Waals surface area contributed by atoms with Gasteiger partial charge in [-0.3, -0.25) is 10.2 Å². The fourth-order valence-corrected chi connectivity index (χ4v) is 4.15. The van der Waals surface area contributed by atoms with Gasteiger partial charge in [0.15, 0.2) is 5.78 Å². The number of carbonyl (C=O) groups is 1. The molecule has 0 radical (unpaired) electrons. The number of ether oxygens (including phenoxy) is 1. The van der Waals surface area contributed by atoms with Crippen LogP contribution in [0.5, 0.6) is 5.75 Å². The van der Waals surface area contributed by atoms with Crippen LogP contribution in [0.1, 0.15) is 37.7 Å². The van der Waals surface area contributed by atoms with Crippen molar-refractivity contribution in [2.45, 2.75) is 50.6 Å². The summed E-state index contributed by atoms with van der Waals surface area (Å²) in [7, 11) is 2.11. The predicted molar refractivity (Wildman–Crippen MR) is 91.3 cm³/mol. The third-order valence-corrected chi connectivity index (χ3v) is 5.48. The van der Waals surface area contributed by atoms with Gasteiger partial charge in [0.05, 0.1) is 0 Å². The van der Waals surface area contributed by atoms with E-state index in [4.69, 9.17) is 11.1 Å². The lowest BCUT2D eigenvalue weighted by Gasteiger charge is -2.36. The van der Waals surface area contributed by atoms with Crippen molar-refractivity contribution >= 4 is 17.2 Å². The van der Waals surface area contributed by atoms with E-state index in [1.807, 2.05) is 0 Å². The standard InChI is InChI=1S/C18H22F3N3O2/c1-24-11-2-3-12(24)7-10(6-11)8-16(25)17(23)14-9-13(4-5-15(14)22)26-18(19,20)21/h4-5,9-12,23H,2-3,6-8,22H2,1H3. The Morgan fingerprint density at radius 2 is 1.92 bits per heavy atom. The number of alkyl halides is 3. The molecule has 0 amide bonds. The molecule has 3 N–H and O–H groups in total. The smallest absolute Gasteiger partial charge is 0.406 e. The van der Waals surface area contributed by atoms with Crippen LogP contribution in [0.2, 0.25) is 0 Å². The summed E-state index contributed by atoms with van der Waals surface area (Å²) >= 11 is 0. The number of nitrogens with one attached hydrogen (secondary N) is 1. The summed E-state index contributed by atoms with van der Waals surface area (Å²) in [5.74, 6) is -0.682. The van der Waals surface area contributed by atoms with E-state index in [0.29, 0.717) is 12.1 Å². The number of Topliss-reactive ketones (excluding diaryl/α,β-unsaturated/α-hetero) is 1. The number of fused-ring (bicyclic) bond motifs is 2. The highest BCUT2D eigenvalue weighted by Crippen LogP contribution is 2.39. The van der Waals surface area contributed by atoms with Gasteiger partial charge in [-0.2, -0.15) is 0 Å². The first-order valence-corrected chi connectivity index (χ1v) is 8.63. The van der Waals surface area contributed by atoms with E-state index in [2.05, 4.69) is 16.7 Å². The Balaban J connectivity index is 1.69. The lowest BCUT2D eigenvalue weighted by molar-refractivity contribution is -0.274. The third kappa shape index (κ3) is 4.00. The van der Waals surface area contributed by atoms with Crippen LogP contribution < -0.4 is 10.5 Å². The molecule has 1 aromatic rings. The predicted octanol–water partition coefficient (Wildman–Crippen LogP) is 3.37. The quantitative estimate of drug-likeness (QED) is 0.616. The number of benzene rings is 1. The highest BCUT2D eigenvalue weighted by atomic mass is 19.4. The van der Waals surface area contributed by atoms with Crippen molar-refractivity contribution < 1.29 is 22.7 Å². The molecule has 2 bridgehead atoms. The average Bonchev–Trinajstić information content (AvgIpc) is 2.76. The minimum atomic E-state index is -4.84. The van der Waals surface area contributed by atoms with Gasteiger partial charge in [-0.25, -0.2) is 0 Å². The Hall–Kier alpha value is -2.09. The molecule has 2 unspecified atom stereocenters. The molecule has 2 aliphatic rings. The van der Waals surface area contributed by atoms with Crippen LogP contribution in [0.3, 0.4) is 0 Å². The first-order valence-electron chi connectivity index (χ1n) is 8.63. The molecule has 26 heavy (non-hydrogen) atoms. The highest BCUT2D eigenvalue weighted by Gasteiger charge is 2.39. The van der Waals surface area contributed by atoms with Gasteiger partial charge in [-0.1, -0.05) is 0 Å². The first kappa shape index (κ1) is 18.7. The van der Waals surface area contributed by atoms with Gasteiger partial charge in [0, 0.05) is 29.8 Å². The largest absolute Gasteiger partial charge is 0.573 e. The number of ketones is 1. The Bertz CT molecular complexity index is 706. The van der Waals surface area contributed by atoms with Crippen LogP contribution in [-0.2, 0) is 4.79 Å². The fourth-order valence-electron chi connectivity index (χ4n) is 4.15. The van der Waals surface area contributed by atoms with Gasteiger partial charge in [0.25, 0.3) is 0 Å². The van der Waals surface area contributed by atoms with Gasteiger partial charge in [-0.05, 0) is 56.8 Å². The number of anilines is 1. The Labute approximate surface area is 149 Å². The molecule has 2 atom stereocenters. The lowest BCUT2D eigenvalue weighted by atomic mass is 9.85. The molecule has 3 rings (SSSR count). The number of nitrogens with two attached hydrogens (primary N) is 1. The van der Waals surface area contributed by atoms with Crippen molar-refractivity contribution in [2.24, 2.45) is 5.92 Å². The van der Waals surface area contributed by atoms with E-state index < -0.39 is 17.9 Å². The number of halogens is 3. The van der Waals surface area contributed by atoms with E-state index in [0.717, 1.165) is 37.8 Å². The van der Waals surface area contributed by atoms with Crippen LogP contribution in [0, 0.1) is 11.3 Å². The second-order valence-electron chi connectivity index (χ2n) is 7.19. The zero-order valence-electron chi connectivity index (χ0n) is 14.5. The maximum Gasteiger partial charge on any atom is 0.573 e. The fraction of sp³-hybridized carbons (Fsp3) is 0.556. The number of carbonyl (C=O) groups excluding carboxylic acids is 1. The lowest BCUT2D eigenvalue weighted by Crippen LogP contribution is -2.40. The average molecular weight is 369 g/mol. The summed E-state index contributed by atoms with van der Waals surface area (Å²) in [5.41, 5.74) is 5.46. The number of nitrogen functional groups attached to an aromatic ring is 1. The number of nitrogens with zero attached hydrogens (tertiary/aromatic N) is 1. The summed E-state index contributed by atoms with van der Waals surface area (Å²) in [4.78, 5) is 14.9. The maximum absolute atomic E-state index is 12.5. The molecule has 142 valence electrons. The number of rotatable bonds is 5. The molecular weight excluding hydrogens is 347 g/mol. The summed E-state index contributed by atoms with van der Waals surface area (Å²) < 4.78 is 41.0. The number of piperidine rings is 1. The van der Waals surface area contributed by atoms with Crippen molar-refractivity contribution in [1.82, 2.24) is 4.90 Å². The summed E-state index contributed by atoms with van der Waals surface area (Å²) in [5, 5.41) is 8.10. The zero-order valence-corrected chi connectivity index (χ0v) is 14.5. The molecule has 0 aliphatic carbocycles. The van der Waals surface area contributed by atoms with Gasteiger partial charge in [0.2, 0.25) is 0 Å². The molecule has 0 spiro atoms. The number of hydrogen-bond acceptors (Lipinski definition) is 5. The molecule has 2 aliphatic heterocycles. The Morgan fingerprint density at radius 3 is 2.50 bits per heavy atom. The van der Waals surface area contributed by atoms with Gasteiger partial charge in [-0.15, -0.1) is 13.2 Å². The molecule has 2 heterocycles. The summed E-state index contributed by atoms with van der Waals surface area (Å²) in [6.07, 6.45) is -0.520. The van der Waals surface area contributed by atoms with Crippen molar-refractivity contribution in [3.05, 3.63) is 23.8 Å². The molecule has 8 heteroatoms. The van der Waals surface area contributed by atoms with Crippen LogP contribution >= 0.6 is 0 Å². The van der Waals surface area contributed by atoms with Crippen LogP contribution in [0.4, 0.5) is 18.9 Å². The summed E-state index contributed by atoms with van der Waals surface area (Å²) in [6, 6.07) is 4.25. The molecule has 5 nitrogen and oxygen atoms in total. The van der Waals surface area contributed by atoms with E-state index >= 15 is 0 Å². The molecule has 2 saturated heterocycles. The molecule has 0 saturated carbocycles. The maximum atomic E-state index is 12.5. The second kappa shape index (κ2) is 6.90. The van der Waals surface area contributed by atoms with Crippen LogP contribution in [0.15, 0.2) is 18.2 Å². The van der Waals surface area contributed by atoms with Gasteiger partial charge < -0.3 is 15.4 Å². The van der Waals surface area contributed by atoms with Crippen molar-refractivity contribution in [2.75, 3.05) is 12.8 Å². The molecule has 2 fully saturated rings. The minimum Gasteiger partial charge on any atom is -0.406 e. The highest BCUT2D eigenvalue weighted by molar-refractivity contribution is 6.46. The molecule has 1 aromatic carbocycles. The number of hydrogen-bond donors (Lipinski definition) is 2. The zero-order chi connectivity index (χ0) is 19.1. The van der Waals surface area contributed by atoms with Crippen LogP contribution in [-0.4, -0.2) is 41.9 Å². The molecular formula is C18H22F3N3O2. The van der Waals surface area contributed by atoms with E-state index in [9.17, 15) is 18.0 Å². The topological polar surface area (TPSA) is 79.4 Å². The SMILES string of the molecule is CN1C2CCC1CC(CC(=O)C(=N)c1cc(OC(F)(F)F)ccc1N)C2. The van der Waals surface area contributed by atoms with Crippen LogP contribution in [0.25, 0.3) is 0 Å². The van der Waals surface area contributed by atoms with Crippen molar-refractivity contribution in [3.8, 4) is 5.75 Å². The second-order valence-corrected chi connectivity index (χ2v) is 7.19.